The number of unbranched alkanes of at least 4 members (excludes halogenated alkanes) is 1. The van der Waals surface area contributed by atoms with Gasteiger partial charge in [0.25, 0.3) is 0 Å². The average Bonchev–Trinajstić information content (AvgIpc) is 2.90. The fourth-order valence-corrected chi connectivity index (χ4v) is 6.34. The van der Waals surface area contributed by atoms with Crippen LogP contribution in [0.3, 0.4) is 0 Å². The highest BCUT2D eigenvalue weighted by Gasteiger charge is 2.60. The van der Waals surface area contributed by atoms with E-state index < -0.39 is 5.60 Å². The Balaban J connectivity index is 0.00000274. The summed E-state index contributed by atoms with van der Waals surface area (Å²) in [5.41, 5.74) is 1.05. The summed E-state index contributed by atoms with van der Waals surface area (Å²) in [4.78, 5) is 0. The van der Waals surface area contributed by atoms with E-state index in [0.29, 0.717) is 0 Å². The largest absolute Gasteiger partial charge is 1.00 e. The second-order valence-corrected chi connectivity index (χ2v) is 10.1. The predicted octanol–water partition coefficient (Wildman–Crippen LogP) is 2.79. The highest BCUT2D eigenvalue weighted by molar-refractivity contribution is 5.39. The molecule has 0 atom stereocenters. The first kappa shape index (κ1) is 25.0. The third kappa shape index (κ3) is 4.68. The van der Waals surface area contributed by atoms with E-state index in [1.165, 1.54) is 37.1 Å². The number of halogens is 1. The molecule has 0 spiro atoms. The Morgan fingerprint density at radius 1 is 0.706 bits per heavy atom. The Morgan fingerprint density at radius 2 is 1.18 bits per heavy atom. The number of ether oxygens (including phenoxy) is 1. The van der Waals surface area contributed by atoms with Gasteiger partial charge in [0.1, 0.15) is 11.4 Å². The number of aliphatic hydroxyl groups is 1. The fraction of sp³-hybridized carbons (Fsp3) is 0.400. The highest BCUT2D eigenvalue weighted by Crippen LogP contribution is 2.57. The van der Waals surface area contributed by atoms with E-state index in [-0.39, 0.29) is 22.4 Å². The quantitative estimate of drug-likeness (QED) is 0.346. The van der Waals surface area contributed by atoms with Crippen LogP contribution in [-0.2, 0) is 5.60 Å². The van der Waals surface area contributed by atoms with Crippen molar-refractivity contribution in [3.8, 4) is 5.75 Å². The lowest BCUT2D eigenvalue weighted by Crippen LogP contribution is -3.00. The van der Waals surface area contributed by atoms with Crippen LogP contribution in [0.15, 0.2) is 91.0 Å². The number of benzene rings is 3. The first-order chi connectivity index (χ1) is 16.2. The van der Waals surface area contributed by atoms with Crippen molar-refractivity contribution in [1.82, 2.24) is 0 Å². The Labute approximate surface area is 214 Å². The van der Waals surface area contributed by atoms with Crippen molar-refractivity contribution >= 4 is 0 Å². The molecule has 1 N–H and O–H groups in total. The Morgan fingerprint density at radius 3 is 1.68 bits per heavy atom. The molecule has 0 unspecified atom stereocenters. The van der Waals surface area contributed by atoms with Gasteiger partial charge in [0.05, 0.1) is 32.8 Å². The summed E-state index contributed by atoms with van der Waals surface area (Å²) in [6, 6.07) is 30.9. The van der Waals surface area contributed by atoms with Gasteiger partial charge in [0.2, 0.25) is 0 Å². The third-order valence-electron chi connectivity index (χ3n) is 8.38. The number of para-hydroxylation sites is 1. The summed E-state index contributed by atoms with van der Waals surface area (Å²) in [5.74, 6) is 0.964. The molecule has 3 aromatic rings. The van der Waals surface area contributed by atoms with Gasteiger partial charge < -0.3 is 31.3 Å². The molecule has 3 aromatic carbocycles. The van der Waals surface area contributed by atoms with E-state index in [1.54, 1.807) is 0 Å². The smallest absolute Gasteiger partial charge is 0.121 e. The second-order valence-electron chi connectivity index (χ2n) is 10.1. The Hall–Kier alpha value is -2.14. The molecule has 4 heteroatoms. The molecule has 0 radical (unpaired) electrons. The lowest BCUT2D eigenvalue weighted by atomic mass is 9.56. The molecule has 180 valence electrons. The molecule has 3 heterocycles. The average molecular weight is 523 g/mol. The Bertz CT molecular complexity index is 961. The maximum atomic E-state index is 12.5. The first-order valence-electron chi connectivity index (χ1n) is 12.5. The van der Waals surface area contributed by atoms with Crippen LogP contribution in [0.5, 0.6) is 5.75 Å². The number of piperidine rings is 3. The van der Waals surface area contributed by atoms with E-state index in [2.05, 4.69) is 48.5 Å². The molecule has 0 amide bonds. The van der Waals surface area contributed by atoms with Gasteiger partial charge in [0.15, 0.2) is 0 Å². The summed E-state index contributed by atoms with van der Waals surface area (Å²) in [6.45, 7) is 5.52. The zero-order valence-corrected chi connectivity index (χ0v) is 21.5. The predicted molar refractivity (Wildman–Crippen MR) is 133 cm³/mol. The lowest BCUT2D eigenvalue weighted by Gasteiger charge is -2.60. The summed E-state index contributed by atoms with van der Waals surface area (Å²) < 4.78 is 7.11. The number of quaternary nitrogens is 1. The molecule has 0 aliphatic carbocycles. The normalized spacial score (nSPS) is 23.8. The highest BCUT2D eigenvalue weighted by atomic mass is 79.9. The van der Waals surface area contributed by atoms with Crippen LogP contribution < -0.4 is 21.7 Å². The van der Waals surface area contributed by atoms with E-state index in [4.69, 9.17) is 4.74 Å². The van der Waals surface area contributed by atoms with E-state index in [1.807, 2.05) is 42.5 Å². The summed E-state index contributed by atoms with van der Waals surface area (Å²) in [5, 5.41) is 12.5. The molecule has 3 saturated heterocycles. The fourth-order valence-electron chi connectivity index (χ4n) is 6.34. The zero-order valence-electron chi connectivity index (χ0n) is 19.9. The minimum atomic E-state index is -0.935. The van der Waals surface area contributed by atoms with Crippen molar-refractivity contribution in [1.29, 1.82) is 0 Å². The molecule has 2 bridgehead atoms. The number of hydrogen-bond donors (Lipinski definition) is 1. The van der Waals surface area contributed by atoms with Crippen molar-refractivity contribution in [2.45, 2.75) is 37.7 Å². The summed E-state index contributed by atoms with van der Waals surface area (Å²) in [7, 11) is 0. The SMILES string of the molecule is OC(c1ccccc1)(c1ccccc1)C12CC[N+](CCCCOc3ccccc3)(CC1)CC2.[Br-]. The van der Waals surface area contributed by atoms with Crippen molar-refractivity contribution in [3.63, 3.8) is 0 Å². The number of hydrogen-bond acceptors (Lipinski definition) is 2. The zero-order chi connectivity index (χ0) is 22.6. The second kappa shape index (κ2) is 10.6. The van der Waals surface area contributed by atoms with Crippen LogP contribution in [0.25, 0.3) is 0 Å². The molecule has 0 aromatic heterocycles. The maximum absolute atomic E-state index is 12.5. The van der Waals surface area contributed by atoms with Gasteiger partial charge in [-0.05, 0) is 36.1 Å². The minimum absolute atomic E-state index is 0. The van der Waals surface area contributed by atoms with Crippen molar-refractivity contribution in [2.75, 3.05) is 32.8 Å². The lowest BCUT2D eigenvalue weighted by molar-refractivity contribution is -0.946. The molecule has 34 heavy (non-hydrogen) atoms. The number of nitrogens with zero attached hydrogens (tertiary/aromatic N) is 1. The maximum Gasteiger partial charge on any atom is 0.121 e. The molecular formula is C30H36BrNO2. The molecule has 6 rings (SSSR count). The van der Waals surface area contributed by atoms with Crippen LogP contribution in [-0.4, -0.2) is 42.4 Å². The van der Waals surface area contributed by atoms with Crippen LogP contribution in [0, 0.1) is 5.41 Å². The van der Waals surface area contributed by atoms with Gasteiger partial charge in [-0.15, -0.1) is 0 Å². The molecular weight excluding hydrogens is 486 g/mol. The summed E-state index contributed by atoms with van der Waals surface area (Å²) in [6.07, 6.45) is 5.52. The van der Waals surface area contributed by atoms with Gasteiger partial charge in [0, 0.05) is 24.7 Å². The van der Waals surface area contributed by atoms with Crippen LogP contribution in [0.1, 0.15) is 43.2 Å². The van der Waals surface area contributed by atoms with Crippen molar-refractivity contribution < 1.29 is 31.3 Å². The third-order valence-corrected chi connectivity index (χ3v) is 8.38. The number of fused-ring (bicyclic) bond motifs is 3. The van der Waals surface area contributed by atoms with Crippen molar-refractivity contribution in [2.24, 2.45) is 5.41 Å². The van der Waals surface area contributed by atoms with Crippen molar-refractivity contribution in [3.05, 3.63) is 102 Å². The molecule has 3 nitrogen and oxygen atoms in total. The molecule has 3 fully saturated rings. The van der Waals surface area contributed by atoms with Gasteiger partial charge in [-0.2, -0.15) is 0 Å². The van der Waals surface area contributed by atoms with Crippen LogP contribution in [0.2, 0.25) is 0 Å². The van der Waals surface area contributed by atoms with E-state index in [0.717, 1.165) is 49.2 Å². The first-order valence-corrected chi connectivity index (χ1v) is 12.5. The van der Waals surface area contributed by atoms with Crippen LogP contribution >= 0.6 is 0 Å². The van der Waals surface area contributed by atoms with E-state index in [9.17, 15) is 5.11 Å². The standard InChI is InChI=1S/C30H36NO2.BrH/c32-30(26-12-4-1-5-13-26,27-14-6-2-7-15-27)29-18-22-31(23-19-29,24-20-29)21-10-11-25-33-28-16-8-3-9-17-28;/h1-9,12-17,32H,10-11,18-25H2;1H/q+1;/p-1. The van der Waals surface area contributed by atoms with Crippen LogP contribution in [0.4, 0.5) is 0 Å². The monoisotopic (exact) mass is 521 g/mol. The van der Waals surface area contributed by atoms with Gasteiger partial charge in [-0.25, -0.2) is 0 Å². The molecule has 0 saturated carbocycles. The van der Waals surface area contributed by atoms with Gasteiger partial charge >= 0.3 is 0 Å². The summed E-state index contributed by atoms with van der Waals surface area (Å²) >= 11 is 0. The Kier molecular flexibility index (Phi) is 7.81. The molecule has 3 aliphatic rings. The van der Waals surface area contributed by atoms with Gasteiger partial charge in [-0.1, -0.05) is 78.9 Å². The van der Waals surface area contributed by atoms with Gasteiger partial charge in [-0.3, -0.25) is 0 Å². The van der Waals surface area contributed by atoms with E-state index >= 15 is 0 Å². The minimum Gasteiger partial charge on any atom is -1.00 e. The molecule has 3 aliphatic heterocycles. The topological polar surface area (TPSA) is 29.5 Å². The number of rotatable bonds is 9.